The number of nitrogens with one attached hydrogen (secondary N) is 2. The molecule has 0 aliphatic rings. The van der Waals surface area contributed by atoms with Crippen molar-refractivity contribution < 1.29 is 9.13 Å². The van der Waals surface area contributed by atoms with E-state index in [0.717, 1.165) is 25.0 Å². The zero-order valence-corrected chi connectivity index (χ0v) is 19.6. The first-order chi connectivity index (χ1) is 14.7. The number of halogens is 2. The molecule has 10 nitrogen and oxygen atoms in total. The smallest absolute Gasteiger partial charge is 0.234 e. The maximum Gasteiger partial charge on any atom is 0.234 e. The Labute approximate surface area is 185 Å². The van der Waals surface area contributed by atoms with Gasteiger partial charge in [-0.2, -0.15) is 15.0 Å². The summed E-state index contributed by atoms with van der Waals surface area (Å²) in [5.74, 6) is 0.862. The van der Waals surface area contributed by atoms with Gasteiger partial charge in [-0.25, -0.2) is 19.3 Å². The third-order valence-corrected chi connectivity index (χ3v) is 5.96. The van der Waals surface area contributed by atoms with Crippen LogP contribution in [-0.4, -0.2) is 49.2 Å². The molecule has 0 radical (unpaired) electrons. The van der Waals surface area contributed by atoms with Gasteiger partial charge in [0.1, 0.15) is 12.6 Å². The summed E-state index contributed by atoms with van der Waals surface area (Å²) in [6.45, 7) is 9.87. The largest absolute Gasteiger partial charge is 0.361 e. The second-order valence-electron chi connectivity index (χ2n) is 8.12. The summed E-state index contributed by atoms with van der Waals surface area (Å²) in [7, 11) is -1.12. The van der Waals surface area contributed by atoms with Gasteiger partial charge in [-0.15, -0.1) is 0 Å². The number of hydrogen-bond donors (Lipinski definition) is 2. The second kappa shape index (κ2) is 10.1. The number of anilines is 3. The topological polar surface area (TPSA) is 116 Å². The first-order valence-electron chi connectivity index (χ1n) is 9.70. The van der Waals surface area contributed by atoms with E-state index >= 15 is 0 Å². The number of nitrogens with zero attached hydrogens (tertiary/aromatic N) is 7. The SMILES string of the molecule is C[C@H](Nc1nc(Cl)nc(Nc2cn(COCC[Si](C)(C)C)cn2)n1)c1ncc(F)cn1. The Bertz CT molecular complexity index is 996. The van der Waals surface area contributed by atoms with Crippen LogP contribution in [0.4, 0.5) is 22.1 Å². The minimum Gasteiger partial charge on any atom is -0.361 e. The number of rotatable bonds is 10. The molecule has 3 aromatic rings. The maximum absolute atomic E-state index is 13.0. The molecule has 0 unspecified atom stereocenters. The van der Waals surface area contributed by atoms with Crippen LogP contribution in [0.15, 0.2) is 24.9 Å². The first-order valence-corrected chi connectivity index (χ1v) is 13.8. The van der Waals surface area contributed by atoms with Crippen LogP contribution < -0.4 is 10.6 Å². The Morgan fingerprint density at radius 2 is 1.84 bits per heavy atom. The Morgan fingerprint density at radius 1 is 1.13 bits per heavy atom. The van der Waals surface area contributed by atoms with E-state index in [1.54, 1.807) is 19.4 Å². The molecule has 0 aliphatic carbocycles. The summed E-state index contributed by atoms with van der Waals surface area (Å²) in [6, 6.07) is 0.729. The van der Waals surface area contributed by atoms with E-state index in [-0.39, 0.29) is 23.2 Å². The summed E-state index contributed by atoms with van der Waals surface area (Å²) < 4.78 is 20.5. The lowest BCUT2D eigenvalue weighted by Crippen LogP contribution is -2.21. The van der Waals surface area contributed by atoms with Gasteiger partial charge in [-0.1, -0.05) is 19.6 Å². The molecule has 0 spiro atoms. The van der Waals surface area contributed by atoms with E-state index in [0.29, 0.717) is 18.4 Å². The van der Waals surface area contributed by atoms with Crippen molar-refractivity contribution in [3.63, 3.8) is 0 Å². The van der Waals surface area contributed by atoms with Crippen molar-refractivity contribution in [3.05, 3.63) is 41.8 Å². The van der Waals surface area contributed by atoms with E-state index in [9.17, 15) is 4.39 Å². The fourth-order valence-electron chi connectivity index (χ4n) is 2.43. The molecule has 3 aromatic heterocycles. The second-order valence-corrected chi connectivity index (χ2v) is 14.1. The highest BCUT2D eigenvalue weighted by molar-refractivity contribution is 6.76. The van der Waals surface area contributed by atoms with Crippen LogP contribution in [0.1, 0.15) is 18.8 Å². The Morgan fingerprint density at radius 3 is 2.55 bits per heavy atom. The van der Waals surface area contributed by atoms with Crippen LogP contribution >= 0.6 is 11.6 Å². The number of hydrogen-bond acceptors (Lipinski definition) is 9. The van der Waals surface area contributed by atoms with Gasteiger partial charge in [-0.3, -0.25) is 0 Å². The summed E-state index contributed by atoms with van der Waals surface area (Å²) in [5, 5.41) is 6.01. The third-order valence-electron chi connectivity index (χ3n) is 4.09. The van der Waals surface area contributed by atoms with Crippen molar-refractivity contribution in [2.75, 3.05) is 17.2 Å². The van der Waals surface area contributed by atoms with Gasteiger partial charge in [0, 0.05) is 14.7 Å². The van der Waals surface area contributed by atoms with Gasteiger partial charge >= 0.3 is 0 Å². The summed E-state index contributed by atoms with van der Waals surface area (Å²) in [6.07, 6.45) is 5.64. The van der Waals surface area contributed by atoms with Crippen LogP contribution in [0.2, 0.25) is 31.0 Å². The predicted octanol–water partition coefficient (Wildman–Crippen LogP) is 3.88. The summed E-state index contributed by atoms with van der Waals surface area (Å²) in [5.41, 5.74) is 0. The normalized spacial score (nSPS) is 12.6. The third kappa shape index (κ3) is 7.49. The van der Waals surface area contributed by atoms with Crippen LogP contribution in [-0.2, 0) is 11.5 Å². The predicted molar refractivity (Wildman–Crippen MR) is 118 cm³/mol. The summed E-state index contributed by atoms with van der Waals surface area (Å²) >= 11 is 6.03. The van der Waals surface area contributed by atoms with Crippen molar-refractivity contribution in [1.29, 1.82) is 0 Å². The van der Waals surface area contributed by atoms with Gasteiger partial charge in [0.2, 0.25) is 17.2 Å². The lowest BCUT2D eigenvalue weighted by Gasteiger charge is -2.15. The highest BCUT2D eigenvalue weighted by Gasteiger charge is 2.14. The fraction of sp³-hybridized carbons (Fsp3) is 0.444. The molecule has 1 atom stereocenters. The molecule has 2 N–H and O–H groups in total. The molecule has 0 saturated heterocycles. The minimum absolute atomic E-state index is 0.00124. The van der Waals surface area contributed by atoms with Crippen LogP contribution in [0.5, 0.6) is 0 Å². The monoisotopic (exact) mass is 465 g/mol. The lowest BCUT2D eigenvalue weighted by atomic mass is 10.3. The van der Waals surface area contributed by atoms with Gasteiger partial charge in [-0.05, 0) is 24.6 Å². The molecule has 0 aliphatic heterocycles. The molecule has 0 saturated carbocycles. The molecule has 0 aromatic carbocycles. The average molecular weight is 466 g/mol. The number of ether oxygens (including phenoxy) is 1. The summed E-state index contributed by atoms with van der Waals surface area (Å²) in [4.78, 5) is 24.6. The van der Waals surface area contributed by atoms with Gasteiger partial charge in [0.15, 0.2) is 11.6 Å². The van der Waals surface area contributed by atoms with Crippen LogP contribution in [0, 0.1) is 5.82 Å². The first kappa shape index (κ1) is 23.0. The maximum atomic E-state index is 13.0. The number of aromatic nitrogens is 7. The van der Waals surface area contributed by atoms with Gasteiger partial charge in [0.05, 0.1) is 31.0 Å². The highest BCUT2D eigenvalue weighted by Crippen LogP contribution is 2.18. The quantitative estimate of drug-likeness (QED) is 0.339. The standard InChI is InChI=1S/C18H25ClFN9OSi/c1-12(15-21-7-13(20)8-22-15)24-17-26-16(19)27-18(28-17)25-14-9-29(10-23-14)11-30-5-6-31(2,3)4/h7-10,12H,5-6,11H2,1-4H3,(H2,24,25,26,27,28)/t12-/m0/s1. The molecular weight excluding hydrogens is 441 g/mol. The van der Waals surface area contributed by atoms with Gasteiger partial charge in [0.25, 0.3) is 0 Å². The van der Waals surface area contributed by atoms with Gasteiger partial charge < -0.3 is 19.9 Å². The zero-order chi connectivity index (χ0) is 22.4. The highest BCUT2D eigenvalue weighted by atomic mass is 35.5. The molecular formula is C18H25ClFN9OSi. The van der Waals surface area contributed by atoms with Crippen molar-refractivity contribution in [2.24, 2.45) is 0 Å². The molecule has 0 bridgehead atoms. The van der Waals surface area contributed by atoms with Crippen LogP contribution in [0.3, 0.4) is 0 Å². The van der Waals surface area contributed by atoms with E-state index in [4.69, 9.17) is 16.3 Å². The van der Waals surface area contributed by atoms with E-state index < -0.39 is 13.9 Å². The Kier molecular flexibility index (Phi) is 7.46. The van der Waals surface area contributed by atoms with Crippen molar-refractivity contribution in [1.82, 2.24) is 34.5 Å². The van der Waals surface area contributed by atoms with Crippen LogP contribution in [0.25, 0.3) is 0 Å². The molecule has 13 heteroatoms. The van der Waals surface area contributed by atoms with Crippen molar-refractivity contribution in [3.8, 4) is 0 Å². The Balaban J connectivity index is 1.59. The molecule has 166 valence electrons. The molecule has 0 amide bonds. The van der Waals surface area contributed by atoms with E-state index in [1.807, 2.05) is 4.57 Å². The number of imidazole rings is 1. The van der Waals surface area contributed by atoms with Crippen molar-refractivity contribution in [2.45, 2.75) is 45.4 Å². The van der Waals surface area contributed by atoms with Crippen molar-refractivity contribution >= 4 is 37.4 Å². The fourth-order valence-corrected chi connectivity index (χ4v) is 3.35. The Hall–Kier alpha value is -2.70. The lowest BCUT2D eigenvalue weighted by molar-refractivity contribution is 0.0872. The van der Waals surface area contributed by atoms with E-state index in [1.165, 1.54) is 0 Å². The molecule has 0 fully saturated rings. The van der Waals surface area contributed by atoms with E-state index in [2.05, 4.69) is 60.2 Å². The molecule has 31 heavy (non-hydrogen) atoms. The molecule has 3 heterocycles. The zero-order valence-electron chi connectivity index (χ0n) is 17.8. The minimum atomic E-state index is -1.12. The molecule has 3 rings (SSSR count). The average Bonchev–Trinajstić information content (AvgIpc) is 3.11.